The third-order valence-electron chi connectivity index (χ3n) is 4.17. The highest BCUT2D eigenvalue weighted by Crippen LogP contribution is 2.22. The second-order valence-corrected chi connectivity index (χ2v) is 7.49. The smallest absolute Gasteiger partial charge is 0.234 e. The van der Waals surface area contributed by atoms with Gasteiger partial charge < -0.3 is 10.1 Å². The van der Waals surface area contributed by atoms with Crippen molar-refractivity contribution < 1.29 is 9.53 Å². The lowest BCUT2D eigenvalue weighted by molar-refractivity contribution is -0.122. The Morgan fingerprint density at radius 1 is 1.40 bits per heavy atom. The summed E-state index contributed by atoms with van der Waals surface area (Å²) in [5, 5.41) is 6.25. The number of carbonyl (C=O) groups excluding carboxylic acids is 1. The quantitative estimate of drug-likeness (QED) is 0.862. The Kier molecular flexibility index (Phi) is 6.04. The van der Waals surface area contributed by atoms with E-state index in [4.69, 9.17) is 4.74 Å². The lowest BCUT2D eigenvalue weighted by Gasteiger charge is -2.18. The van der Waals surface area contributed by atoms with E-state index in [1.165, 1.54) is 0 Å². The van der Waals surface area contributed by atoms with Crippen LogP contribution in [0.2, 0.25) is 0 Å². The Morgan fingerprint density at radius 3 is 3.04 bits per heavy atom. The van der Waals surface area contributed by atoms with Crippen LogP contribution >= 0.6 is 11.3 Å². The maximum atomic E-state index is 12.2. The Hall–Kier alpha value is -1.92. The molecule has 3 rings (SSSR count). The fourth-order valence-corrected chi connectivity index (χ4v) is 3.68. The van der Waals surface area contributed by atoms with Gasteiger partial charge in [0, 0.05) is 42.9 Å². The van der Waals surface area contributed by atoms with Gasteiger partial charge in [-0.2, -0.15) is 0 Å². The Labute approximate surface area is 153 Å². The van der Waals surface area contributed by atoms with Gasteiger partial charge in [-0.15, -0.1) is 11.3 Å². The van der Waals surface area contributed by atoms with Crippen LogP contribution in [0.25, 0.3) is 0 Å². The van der Waals surface area contributed by atoms with E-state index in [-0.39, 0.29) is 5.91 Å². The van der Waals surface area contributed by atoms with Crippen LogP contribution in [0.15, 0.2) is 29.6 Å². The summed E-state index contributed by atoms with van der Waals surface area (Å²) in [7, 11) is 0. The molecule has 1 aromatic carbocycles. The molecule has 2 heterocycles. The van der Waals surface area contributed by atoms with Gasteiger partial charge in [-0.25, -0.2) is 4.98 Å². The number of hydrogen-bond donors (Lipinski definition) is 1. The lowest BCUT2D eigenvalue weighted by atomic mass is 10.2. The number of para-hydroxylation sites is 1. The molecule has 2 aromatic rings. The average molecular weight is 359 g/mol. The standard InChI is InChI=1S/C19H25N3O2S/c1-14(2)19-21-16(13-25-19)7-8-20-18(23)12-22-9-10-24-17-6-4-3-5-15(17)11-22/h3-6,13-14H,7-12H2,1-2H3,(H,20,23). The van der Waals surface area contributed by atoms with E-state index >= 15 is 0 Å². The normalized spacial score (nSPS) is 14.7. The van der Waals surface area contributed by atoms with Crippen molar-refractivity contribution in [1.29, 1.82) is 0 Å². The number of benzene rings is 1. The number of thiazole rings is 1. The number of fused-ring (bicyclic) bond motifs is 1. The van der Waals surface area contributed by atoms with E-state index in [1.807, 2.05) is 18.2 Å². The number of aromatic nitrogens is 1. The third kappa shape index (κ3) is 5.03. The first kappa shape index (κ1) is 17.9. The van der Waals surface area contributed by atoms with Gasteiger partial charge in [-0.3, -0.25) is 9.69 Å². The summed E-state index contributed by atoms with van der Waals surface area (Å²) in [5.74, 6) is 1.44. The largest absolute Gasteiger partial charge is 0.492 e. The molecule has 0 saturated carbocycles. The molecule has 0 radical (unpaired) electrons. The second-order valence-electron chi connectivity index (χ2n) is 6.60. The van der Waals surface area contributed by atoms with E-state index < -0.39 is 0 Å². The number of nitrogens with zero attached hydrogens (tertiary/aromatic N) is 2. The first-order valence-electron chi connectivity index (χ1n) is 8.76. The van der Waals surface area contributed by atoms with Crippen LogP contribution in [0, 0.1) is 0 Å². The molecular weight excluding hydrogens is 334 g/mol. The monoisotopic (exact) mass is 359 g/mol. The highest BCUT2D eigenvalue weighted by Gasteiger charge is 2.17. The molecule has 1 aromatic heterocycles. The first-order chi connectivity index (χ1) is 12.1. The summed E-state index contributed by atoms with van der Waals surface area (Å²) < 4.78 is 5.74. The predicted octanol–water partition coefficient (Wildman–Crippen LogP) is 2.82. The molecule has 1 aliphatic rings. The van der Waals surface area contributed by atoms with Crippen molar-refractivity contribution in [3.05, 3.63) is 45.9 Å². The fourth-order valence-electron chi connectivity index (χ4n) is 2.81. The zero-order valence-corrected chi connectivity index (χ0v) is 15.6. The SMILES string of the molecule is CC(C)c1nc(CCNC(=O)CN2CCOc3ccccc3C2)cs1. The molecule has 0 atom stereocenters. The number of carbonyl (C=O) groups is 1. The first-order valence-corrected chi connectivity index (χ1v) is 9.64. The van der Waals surface area contributed by atoms with Crippen LogP contribution in [0.4, 0.5) is 0 Å². The molecule has 0 fully saturated rings. The van der Waals surface area contributed by atoms with Crippen LogP contribution in [-0.4, -0.2) is 42.0 Å². The number of nitrogens with one attached hydrogen (secondary N) is 1. The van der Waals surface area contributed by atoms with Gasteiger partial charge in [0.05, 0.1) is 17.2 Å². The van der Waals surface area contributed by atoms with Crippen molar-refractivity contribution in [3.63, 3.8) is 0 Å². The number of ether oxygens (including phenoxy) is 1. The predicted molar refractivity (Wildman–Crippen MR) is 100 cm³/mol. The molecule has 5 nitrogen and oxygen atoms in total. The lowest BCUT2D eigenvalue weighted by Crippen LogP contribution is -2.38. The summed E-state index contributed by atoms with van der Waals surface area (Å²) in [4.78, 5) is 19.0. The molecule has 1 amide bonds. The van der Waals surface area contributed by atoms with Crippen LogP contribution in [-0.2, 0) is 17.8 Å². The Balaban J connectivity index is 1.44. The molecule has 0 aliphatic carbocycles. The minimum atomic E-state index is 0.0543. The van der Waals surface area contributed by atoms with Crippen molar-refractivity contribution >= 4 is 17.2 Å². The highest BCUT2D eigenvalue weighted by molar-refractivity contribution is 7.09. The molecule has 0 unspecified atom stereocenters. The molecule has 1 aliphatic heterocycles. The van der Waals surface area contributed by atoms with E-state index in [2.05, 4.69) is 40.5 Å². The molecule has 25 heavy (non-hydrogen) atoms. The third-order valence-corrected chi connectivity index (χ3v) is 5.36. The molecule has 0 saturated heterocycles. The zero-order chi connectivity index (χ0) is 17.6. The molecule has 6 heteroatoms. The topological polar surface area (TPSA) is 54.5 Å². The van der Waals surface area contributed by atoms with Gasteiger partial charge in [-0.05, 0) is 6.07 Å². The van der Waals surface area contributed by atoms with Gasteiger partial charge in [0.25, 0.3) is 0 Å². The van der Waals surface area contributed by atoms with Crippen LogP contribution in [0.3, 0.4) is 0 Å². The Morgan fingerprint density at radius 2 is 2.24 bits per heavy atom. The fraction of sp³-hybridized carbons (Fsp3) is 0.474. The Bertz CT molecular complexity index is 714. The molecular formula is C19H25N3O2S. The molecule has 0 spiro atoms. The van der Waals surface area contributed by atoms with Gasteiger partial charge in [0.2, 0.25) is 5.91 Å². The summed E-state index contributed by atoms with van der Waals surface area (Å²) in [6.45, 7) is 7.42. The van der Waals surface area contributed by atoms with E-state index in [0.717, 1.165) is 41.5 Å². The van der Waals surface area contributed by atoms with E-state index in [0.29, 0.717) is 25.6 Å². The summed E-state index contributed by atoms with van der Waals surface area (Å²) >= 11 is 1.69. The molecule has 1 N–H and O–H groups in total. The summed E-state index contributed by atoms with van der Waals surface area (Å²) in [5.41, 5.74) is 2.20. The second kappa shape index (κ2) is 8.45. The average Bonchev–Trinajstić information content (AvgIpc) is 2.96. The number of amides is 1. The summed E-state index contributed by atoms with van der Waals surface area (Å²) in [6.07, 6.45) is 0.779. The highest BCUT2D eigenvalue weighted by atomic mass is 32.1. The van der Waals surface area contributed by atoms with Crippen molar-refractivity contribution in [1.82, 2.24) is 15.2 Å². The number of hydrogen-bond acceptors (Lipinski definition) is 5. The minimum absolute atomic E-state index is 0.0543. The van der Waals surface area contributed by atoms with Gasteiger partial charge in [-0.1, -0.05) is 32.0 Å². The minimum Gasteiger partial charge on any atom is -0.492 e. The van der Waals surface area contributed by atoms with Gasteiger partial charge >= 0.3 is 0 Å². The van der Waals surface area contributed by atoms with Gasteiger partial charge in [0.15, 0.2) is 0 Å². The maximum absolute atomic E-state index is 12.2. The molecule has 134 valence electrons. The van der Waals surface area contributed by atoms with Crippen molar-refractivity contribution in [2.75, 3.05) is 26.2 Å². The van der Waals surface area contributed by atoms with Crippen molar-refractivity contribution in [3.8, 4) is 5.75 Å². The van der Waals surface area contributed by atoms with Crippen molar-refractivity contribution in [2.24, 2.45) is 0 Å². The zero-order valence-electron chi connectivity index (χ0n) is 14.8. The maximum Gasteiger partial charge on any atom is 0.234 e. The van der Waals surface area contributed by atoms with E-state index in [9.17, 15) is 4.79 Å². The van der Waals surface area contributed by atoms with Crippen LogP contribution < -0.4 is 10.1 Å². The van der Waals surface area contributed by atoms with Gasteiger partial charge in [0.1, 0.15) is 12.4 Å². The van der Waals surface area contributed by atoms with Crippen LogP contribution in [0.5, 0.6) is 5.75 Å². The number of rotatable bonds is 6. The van der Waals surface area contributed by atoms with E-state index in [1.54, 1.807) is 11.3 Å². The molecule has 0 bridgehead atoms. The summed E-state index contributed by atoms with van der Waals surface area (Å²) in [6, 6.07) is 8.02. The van der Waals surface area contributed by atoms with Crippen LogP contribution in [0.1, 0.15) is 36.0 Å². The van der Waals surface area contributed by atoms with Crippen molar-refractivity contribution in [2.45, 2.75) is 32.7 Å².